The molecule has 6 heteroatoms. The number of rotatable bonds is 4. The van der Waals surface area contributed by atoms with E-state index in [0.717, 1.165) is 18.0 Å². The number of carbonyl (C=O) groups is 1. The molecule has 0 aliphatic carbocycles. The van der Waals surface area contributed by atoms with Gasteiger partial charge in [0, 0.05) is 33.3 Å². The van der Waals surface area contributed by atoms with Crippen LogP contribution in [0.15, 0.2) is 41.1 Å². The molecule has 1 fully saturated rings. The van der Waals surface area contributed by atoms with E-state index >= 15 is 0 Å². The van der Waals surface area contributed by atoms with Crippen molar-refractivity contribution in [3.63, 3.8) is 0 Å². The number of nitrogens with zero attached hydrogens (tertiary/aromatic N) is 3. The molecule has 0 saturated carbocycles. The van der Waals surface area contributed by atoms with Gasteiger partial charge in [-0.3, -0.25) is 4.79 Å². The summed E-state index contributed by atoms with van der Waals surface area (Å²) in [5, 5.41) is 0. The van der Waals surface area contributed by atoms with Crippen LogP contribution in [-0.2, 0) is 0 Å². The maximum Gasteiger partial charge on any atom is 0.289 e. The SMILES string of the molecule is CN(C)c1ncccc1O[C@H]1CCN(C(=O)c2ccco2)C1. The van der Waals surface area contributed by atoms with Crippen LogP contribution in [0.4, 0.5) is 5.82 Å². The summed E-state index contributed by atoms with van der Waals surface area (Å²) in [6, 6.07) is 7.15. The molecule has 0 N–H and O–H groups in total. The summed E-state index contributed by atoms with van der Waals surface area (Å²) in [7, 11) is 3.85. The van der Waals surface area contributed by atoms with Crippen molar-refractivity contribution in [2.45, 2.75) is 12.5 Å². The Balaban J connectivity index is 1.65. The van der Waals surface area contributed by atoms with Gasteiger partial charge in [0.05, 0.1) is 12.8 Å². The Morgan fingerprint density at radius 3 is 3.00 bits per heavy atom. The second-order valence-electron chi connectivity index (χ2n) is 5.48. The Bertz CT molecular complexity index is 640. The first-order valence-corrected chi connectivity index (χ1v) is 7.27. The van der Waals surface area contributed by atoms with Crippen molar-refractivity contribution < 1.29 is 13.9 Å². The molecule has 0 unspecified atom stereocenters. The normalized spacial score (nSPS) is 17.5. The van der Waals surface area contributed by atoms with Gasteiger partial charge in [-0.1, -0.05) is 0 Å². The van der Waals surface area contributed by atoms with Gasteiger partial charge in [-0.05, 0) is 24.3 Å². The number of anilines is 1. The first-order valence-electron chi connectivity index (χ1n) is 7.27. The molecular formula is C16H19N3O3. The van der Waals surface area contributed by atoms with Crippen molar-refractivity contribution in [3.05, 3.63) is 42.5 Å². The van der Waals surface area contributed by atoms with Crippen LogP contribution in [0.1, 0.15) is 17.0 Å². The molecule has 2 aromatic heterocycles. The fourth-order valence-electron chi connectivity index (χ4n) is 2.55. The van der Waals surface area contributed by atoms with E-state index in [2.05, 4.69) is 4.98 Å². The smallest absolute Gasteiger partial charge is 0.289 e. The first-order chi connectivity index (χ1) is 10.6. The lowest BCUT2D eigenvalue weighted by Crippen LogP contribution is -2.30. The number of pyridine rings is 1. The molecule has 6 nitrogen and oxygen atoms in total. The van der Waals surface area contributed by atoms with Gasteiger partial charge >= 0.3 is 0 Å². The number of hydrogen-bond acceptors (Lipinski definition) is 5. The molecular weight excluding hydrogens is 282 g/mol. The fraction of sp³-hybridized carbons (Fsp3) is 0.375. The van der Waals surface area contributed by atoms with Crippen LogP contribution in [0.5, 0.6) is 5.75 Å². The summed E-state index contributed by atoms with van der Waals surface area (Å²) in [4.78, 5) is 20.2. The van der Waals surface area contributed by atoms with Crippen molar-refractivity contribution in [1.82, 2.24) is 9.88 Å². The van der Waals surface area contributed by atoms with E-state index in [-0.39, 0.29) is 12.0 Å². The Labute approximate surface area is 129 Å². The quantitative estimate of drug-likeness (QED) is 0.865. The second-order valence-corrected chi connectivity index (χ2v) is 5.48. The summed E-state index contributed by atoms with van der Waals surface area (Å²) >= 11 is 0. The number of carbonyl (C=O) groups excluding carboxylic acids is 1. The molecule has 1 aliphatic rings. The molecule has 1 saturated heterocycles. The third-order valence-electron chi connectivity index (χ3n) is 3.63. The zero-order chi connectivity index (χ0) is 15.5. The van der Waals surface area contributed by atoms with Crippen molar-refractivity contribution in [2.24, 2.45) is 0 Å². The average molecular weight is 301 g/mol. The number of hydrogen-bond donors (Lipinski definition) is 0. The van der Waals surface area contributed by atoms with Crippen molar-refractivity contribution >= 4 is 11.7 Å². The summed E-state index contributed by atoms with van der Waals surface area (Å²) < 4.78 is 11.2. The Morgan fingerprint density at radius 2 is 2.27 bits per heavy atom. The highest BCUT2D eigenvalue weighted by Gasteiger charge is 2.30. The highest BCUT2D eigenvalue weighted by Crippen LogP contribution is 2.27. The van der Waals surface area contributed by atoms with E-state index in [0.29, 0.717) is 18.8 Å². The molecule has 0 radical (unpaired) electrons. The molecule has 3 heterocycles. The summed E-state index contributed by atoms with van der Waals surface area (Å²) in [5.74, 6) is 1.81. The lowest BCUT2D eigenvalue weighted by atomic mass is 10.3. The maximum absolute atomic E-state index is 12.2. The maximum atomic E-state index is 12.2. The van der Waals surface area contributed by atoms with Crippen molar-refractivity contribution in [2.75, 3.05) is 32.1 Å². The molecule has 22 heavy (non-hydrogen) atoms. The first kappa shape index (κ1) is 14.4. The summed E-state index contributed by atoms with van der Waals surface area (Å²) in [6.07, 6.45) is 4.02. The van der Waals surface area contributed by atoms with Gasteiger partial charge in [-0.25, -0.2) is 4.98 Å². The largest absolute Gasteiger partial charge is 0.485 e. The van der Waals surface area contributed by atoms with E-state index in [9.17, 15) is 4.79 Å². The van der Waals surface area contributed by atoms with Gasteiger partial charge in [0.2, 0.25) is 0 Å². The Hall–Kier alpha value is -2.50. The minimum absolute atomic E-state index is 0.0261. The number of aromatic nitrogens is 1. The standard InChI is InChI=1S/C16H19N3O3/c1-18(2)15-13(5-3-8-17-15)22-12-7-9-19(11-12)16(20)14-6-4-10-21-14/h3-6,8,10,12H,7,9,11H2,1-2H3/t12-/m0/s1. The van der Waals surface area contributed by atoms with Crippen molar-refractivity contribution in [3.8, 4) is 5.75 Å². The van der Waals surface area contributed by atoms with E-state index in [4.69, 9.17) is 9.15 Å². The van der Waals surface area contributed by atoms with Crippen molar-refractivity contribution in [1.29, 1.82) is 0 Å². The number of ether oxygens (including phenoxy) is 1. The topological polar surface area (TPSA) is 58.8 Å². The van der Waals surface area contributed by atoms with Gasteiger partial charge in [0.25, 0.3) is 5.91 Å². The molecule has 2 aromatic rings. The predicted octanol–water partition coefficient (Wildman–Crippen LogP) is 2.03. The fourth-order valence-corrected chi connectivity index (χ4v) is 2.55. The van der Waals surface area contributed by atoms with Gasteiger partial charge < -0.3 is 19.0 Å². The number of amides is 1. The van der Waals surface area contributed by atoms with Gasteiger partial charge in [-0.2, -0.15) is 0 Å². The Morgan fingerprint density at radius 1 is 1.41 bits per heavy atom. The van der Waals surface area contributed by atoms with Gasteiger partial charge in [0.15, 0.2) is 17.3 Å². The molecule has 1 atom stereocenters. The third-order valence-corrected chi connectivity index (χ3v) is 3.63. The molecule has 1 amide bonds. The third kappa shape index (κ3) is 2.90. The van der Waals surface area contributed by atoms with Crippen LogP contribution >= 0.6 is 0 Å². The molecule has 0 bridgehead atoms. The van der Waals surface area contributed by atoms with E-state index in [1.165, 1.54) is 6.26 Å². The van der Waals surface area contributed by atoms with E-state index in [1.807, 2.05) is 31.1 Å². The zero-order valence-electron chi connectivity index (χ0n) is 12.7. The number of furan rings is 1. The Kier molecular flexibility index (Phi) is 4.00. The minimum Gasteiger partial charge on any atom is -0.485 e. The van der Waals surface area contributed by atoms with Gasteiger partial charge in [-0.15, -0.1) is 0 Å². The average Bonchev–Trinajstić information content (AvgIpc) is 3.18. The molecule has 1 aliphatic heterocycles. The second kappa shape index (κ2) is 6.09. The molecule has 3 rings (SSSR count). The van der Waals surface area contributed by atoms with E-state index in [1.54, 1.807) is 23.2 Å². The van der Waals surface area contributed by atoms with E-state index < -0.39 is 0 Å². The summed E-state index contributed by atoms with van der Waals surface area (Å²) in [5.41, 5.74) is 0. The minimum atomic E-state index is -0.0879. The molecule has 116 valence electrons. The van der Waals surface area contributed by atoms with Crippen LogP contribution in [0.3, 0.4) is 0 Å². The predicted molar refractivity (Wildman–Crippen MR) is 82.2 cm³/mol. The van der Waals surface area contributed by atoms with Crippen LogP contribution < -0.4 is 9.64 Å². The monoisotopic (exact) mass is 301 g/mol. The van der Waals surface area contributed by atoms with Crippen LogP contribution in [0.2, 0.25) is 0 Å². The van der Waals surface area contributed by atoms with Crippen LogP contribution in [0.25, 0.3) is 0 Å². The highest BCUT2D eigenvalue weighted by molar-refractivity contribution is 5.91. The zero-order valence-corrected chi connectivity index (χ0v) is 12.7. The van der Waals surface area contributed by atoms with Crippen LogP contribution in [-0.4, -0.2) is 49.1 Å². The molecule has 0 spiro atoms. The number of likely N-dealkylation sites (tertiary alicyclic amines) is 1. The lowest BCUT2D eigenvalue weighted by molar-refractivity contribution is 0.0741. The van der Waals surface area contributed by atoms with Gasteiger partial charge in [0.1, 0.15) is 6.10 Å². The molecule has 0 aromatic carbocycles. The highest BCUT2D eigenvalue weighted by atomic mass is 16.5. The van der Waals surface area contributed by atoms with Crippen LogP contribution in [0, 0.1) is 0 Å². The summed E-state index contributed by atoms with van der Waals surface area (Å²) in [6.45, 7) is 1.23. The lowest BCUT2D eigenvalue weighted by Gasteiger charge is -2.20.